The van der Waals surface area contributed by atoms with Crippen LogP contribution in [-0.2, 0) is 12.8 Å². The van der Waals surface area contributed by atoms with Crippen molar-refractivity contribution in [3.63, 3.8) is 0 Å². The van der Waals surface area contributed by atoms with E-state index >= 15 is 0 Å². The van der Waals surface area contributed by atoms with Gasteiger partial charge >= 0.3 is 0 Å². The third-order valence-electron chi connectivity index (χ3n) is 7.79. The van der Waals surface area contributed by atoms with E-state index in [0.717, 1.165) is 17.8 Å². The molecule has 1 aromatic heterocycles. The molecule has 0 amide bonds. The average Bonchev–Trinajstić information content (AvgIpc) is 2.95. The van der Waals surface area contributed by atoms with Gasteiger partial charge in [-0.05, 0) is 47.9 Å². The normalized spacial score (nSPS) is 11.6. The van der Waals surface area contributed by atoms with E-state index in [9.17, 15) is 0 Å². The fraction of sp³-hybridized carbons (Fsp3) is 0.486. The van der Waals surface area contributed by atoms with Crippen molar-refractivity contribution in [2.24, 2.45) is 0 Å². The molecule has 0 atom stereocenters. The molecule has 0 bridgehead atoms. The predicted octanol–water partition coefficient (Wildman–Crippen LogP) is 10.6. The largest absolute Gasteiger partial charge is 0.236 e. The Hall–Kier alpha value is -2.52. The van der Waals surface area contributed by atoms with Crippen molar-refractivity contribution in [1.82, 2.24) is 9.97 Å². The maximum atomic E-state index is 4.67. The highest BCUT2D eigenvalue weighted by Crippen LogP contribution is 2.24. The van der Waals surface area contributed by atoms with Crippen LogP contribution in [-0.4, -0.2) is 18.0 Å². The van der Waals surface area contributed by atoms with Crippen LogP contribution in [0.2, 0.25) is 19.1 Å². The molecule has 1 heterocycles. The van der Waals surface area contributed by atoms with Crippen molar-refractivity contribution in [3.05, 3.63) is 84.3 Å². The minimum atomic E-state index is -1.09. The van der Waals surface area contributed by atoms with Gasteiger partial charge in [-0.2, -0.15) is 0 Å². The van der Waals surface area contributed by atoms with Gasteiger partial charge in [-0.1, -0.05) is 132 Å². The van der Waals surface area contributed by atoms with Crippen molar-refractivity contribution in [2.75, 3.05) is 0 Å². The Labute approximate surface area is 234 Å². The van der Waals surface area contributed by atoms with Crippen molar-refractivity contribution >= 4 is 8.07 Å². The second kappa shape index (κ2) is 16.4. The lowest BCUT2D eigenvalue weighted by Gasteiger charge is -2.16. The average molecular weight is 527 g/mol. The first-order valence-corrected chi connectivity index (χ1v) is 18.4. The standard InChI is InChI=1S/C35H50N2Si/c1-5-7-8-14-17-30-19-21-32(22-20-30)33-23-25-34(26-24-33)35-36-28-31(29-37-35)18-15-12-10-9-11-13-16-27-38(3,4)6-2/h6,19-26,28-29H,2,5,7-18,27H2,1,3-4H3. The highest BCUT2D eigenvalue weighted by atomic mass is 28.3. The molecule has 38 heavy (non-hydrogen) atoms. The first-order valence-electron chi connectivity index (χ1n) is 15.1. The molecule has 0 saturated heterocycles. The summed E-state index contributed by atoms with van der Waals surface area (Å²) in [5.74, 6) is 0.811. The molecular formula is C35H50N2Si. The van der Waals surface area contributed by atoms with Gasteiger partial charge in [-0.3, -0.25) is 0 Å². The first-order chi connectivity index (χ1) is 18.5. The summed E-state index contributed by atoms with van der Waals surface area (Å²) in [4.78, 5) is 9.33. The Morgan fingerprint density at radius 3 is 1.66 bits per heavy atom. The van der Waals surface area contributed by atoms with E-state index < -0.39 is 8.07 Å². The van der Waals surface area contributed by atoms with E-state index in [1.807, 2.05) is 12.4 Å². The van der Waals surface area contributed by atoms with Crippen LogP contribution in [0.15, 0.2) is 73.2 Å². The summed E-state index contributed by atoms with van der Waals surface area (Å²) in [6.45, 7) is 11.1. The summed E-state index contributed by atoms with van der Waals surface area (Å²) in [5.41, 5.74) is 8.50. The minimum Gasteiger partial charge on any atom is -0.236 e. The van der Waals surface area contributed by atoms with Crippen LogP contribution in [0.5, 0.6) is 0 Å². The second-order valence-corrected chi connectivity index (χ2v) is 16.6. The maximum Gasteiger partial charge on any atom is 0.159 e. The molecule has 2 aromatic carbocycles. The van der Waals surface area contributed by atoms with E-state index in [4.69, 9.17) is 0 Å². The van der Waals surface area contributed by atoms with Crippen LogP contribution in [0.4, 0.5) is 0 Å². The van der Waals surface area contributed by atoms with Gasteiger partial charge in [-0.25, -0.2) is 9.97 Å². The third kappa shape index (κ3) is 10.7. The van der Waals surface area contributed by atoms with Gasteiger partial charge in [0.1, 0.15) is 0 Å². The quantitative estimate of drug-likeness (QED) is 0.122. The smallest absolute Gasteiger partial charge is 0.159 e. The zero-order chi connectivity index (χ0) is 27.1. The van der Waals surface area contributed by atoms with Crippen molar-refractivity contribution < 1.29 is 0 Å². The van der Waals surface area contributed by atoms with Crippen LogP contribution in [0, 0.1) is 0 Å². The molecule has 0 radical (unpaired) electrons. The molecule has 204 valence electrons. The number of unbranched alkanes of at least 4 members (excludes halogenated alkanes) is 9. The van der Waals surface area contributed by atoms with Gasteiger partial charge in [0, 0.05) is 18.0 Å². The molecule has 0 aliphatic rings. The SMILES string of the molecule is C=C[Si](C)(C)CCCCCCCCCc1cnc(-c2ccc(-c3ccc(CCCCCC)cc3)cc2)nc1. The maximum absolute atomic E-state index is 4.67. The number of rotatable bonds is 18. The first kappa shape index (κ1) is 30.0. The molecular weight excluding hydrogens is 476 g/mol. The number of hydrogen-bond donors (Lipinski definition) is 0. The van der Waals surface area contributed by atoms with Crippen LogP contribution < -0.4 is 0 Å². The summed E-state index contributed by atoms with van der Waals surface area (Å²) in [6.07, 6.45) is 20.9. The van der Waals surface area contributed by atoms with Crippen LogP contribution in [0.3, 0.4) is 0 Å². The molecule has 3 aromatic rings. The lowest BCUT2D eigenvalue weighted by molar-refractivity contribution is 0.587. The molecule has 0 N–H and O–H groups in total. The van der Waals surface area contributed by atoms with E-state index in [1.165, 1.54) is 105 Å². The number of nitrogens with zero attached hydrogens (tertiary/aromatic N) is 2. The van der Waals surface area contributed by atoms with E-state index in [0.29, 0.717) is 0 Å². The lowest BCUT2D eigenvalue weighted by Crippen LogP contribution is -2.21. The molecule has 0 saturated carbocycles. The zero-order valence-corrected chi connectivity index (χ0v) is 25.4. The number of benzene rings is 2. The molecule has 3 heteroatoms. The fourth-order valence-corrected chi connectivity index (χ4v) is 6.33. The van der Waals surface area contributed by atoms with Crippen molar-refractivity contribution in [1.29, 1.82) is 0 Å². The van der Waals surface area contributed by atoms with E-state index in [-0.39, 0.29) is 0 Å². The van der Waals surface area contributed by atoms with Gasteiger partial charge in [0.25, 0.3) is 0 Å². The third-order valence-corrected chi connectivity index (χ3v) is 10.5. The van der Waals surface area contributed by atoms with Crippen molar-refractivity contribution in [3.8, 4) is 22.5 Å². The zero-order valence-electron chi connectivity index (χ0n) is 24.4. The highest BCUT2D eigenvalue weighted by molar-refractivity contribution is 6.82. The Kier molecular flexibility index (Phi) is 13.0. The monoisotopic (exact) mass is 526 g/mol. The summed E-state index contributed by atoms with van der Waals surface area (Å²) in [7, 11) is -1.09. The number of hydrogen-bond acceptors (Lipinski definition) is 2. The minimum absolute atomic E-state index is 0.811. The van der Waals surface area contributed by atoms with Gasteiger partial charge in [0.15, 0.2) is 5.82 Å². The summed E-state index contributed by atoms with van der Waals surface area (Å²) >= 11 is 0. The van der Waals surface area contributed by atoms with Crippen LogP contribution in [0.1, 0.15) is 88.7 Å². The number of aryl methyl sites for hydroxylation is 2. The number of aromatic nitrogens is 2. The molecule has 0 aliphatic heterocycles. The highest BCUT2D eigenvalue weighted by Gasteiger charge is 2.14. The van der Waals surface area contributed by atoms with Gasteiger partial charge in [0.05, 0.1) is 8.07 Å². The Morgan fingerprint density at radius 1 is 0.605 bits per heavy atom. The molecule has 2 nitrogen and oxygen atoms in total. The van der Waals surface area contributed by atoms with E-state index in [1.54, 1.807) is 0 Å². The lowest BCUT2D eigenvalue weighted by atomic mass is 10.00. The Morgan fingerprint density at radius 2 is 1.08 bits per heavy atom. The summed E-state index contributed by atoms with van der Waals surface area (Å²) < 4.78 is 0. The fourth-order valence-electron chi connectivity index (χ4n) is 4.96. The summed E-state index contributed by atoms with van der Waals surface area (Å²) in [6, 6.07) is 19.1. The molecule has 0 unspecified atom stereocenters. The predicted molar refractivity (Wildman–Crippen MR) is 169 cm³/mol. The van der Waals surface area contributed by atoms with Crippen molar-refractivity contribution in [2.45, 2.75) is 110 Å². The van der Waals surface area contributed by atoms with Gasteiger partial charge in [0.2, 0.25) is 0 Å². The summed E-state index contributed by atoms with van der Waals surface area (Å²) in [5, 5.41) is 0. The van der Waals surface area contributed by atoms with Gasteiger partial charge in [-0.15, -0.1) is 12.3 Å². The van der Waals surface area contributed by atoms with Crippen LogP contribution >= 0.6 is 0 Å². The van der Waals surface area contributed by atoms with E-state index in [2.05, 4.69) is 90.8 Å². The second-order valence-electron chi connectivity index (χ2n) is 11.7. The Balaban J connectivity index is 1.36. The van der Waals surface area contributed by atoms with Crippen LogP contribution in [0.25, 0.3) is 22.5 Å². The topological polar surface area (TPSA) is 25.8 Å². The molecule has 0 spiro atoms. The molecule has 0 fully saturated rings. The van der Waals surface area contributed by atoms with Gasteiger partial charge < -0.3 is 0 Å². The Bertz CT molecular complexity index is 1050. The molecule has 0 aliphatic carbocycles. The molecule has 3 rings (SSSR count).